The van der Waals surface area contributed by atoms with Crippen molar-refractivity contribution in [3.05, 3.63) is 29.8 Å². The number of nitrogens with zero attached hydrogens (tertiary/aromatic N) is 1. The third-order valence-electron chi connectivity index (χ3n) is 3.67. The fraction of sp³-hybridized carbons (Fsp3) is 0.600. The Labute approximate surface area is 109 Å². The fourth-order valence-corrected chi connectivity index (χ4v) is 2.48. The number of hydrogen-bond acceptors (Lipinski definition) is 2. The van der Waals surface area contributed by atoms with Gasteiger partial charge in [-0.15, -0.1) is 0 Å². The second-order valence-corrected chi connectivity index (χ2v) is 6.06. The van der Waals surface area contributed by atoms with E-state index in [4.69, 9.17) is 0 Å². The summed E-state index contributed by atoms with van der Waals surface area (Å²) in [5, 5.41) is 3.60. The van der Waals surface area contributed by atoms with Gasteiger partial charge in [0.05, 0.1) is 0 Å². The molecule has 1 atom stereocenters. The van der Waals surface area contributed by atoms with E-state index >= 15 is 0 Å². The summed E-state index contributed by atoms with van der Waals surface area (Å²) in [5.41, 5.74) is 2.61. The Hall–Kier alpha value is -1.09. The van der Waals surface area contributed by atoms with E-state index in [1.54, 1.807) is 0 Å². The second-order valence-electron chi connectivity index (χ2n) is 6.06. The molecule has 0 fully saturated rings. The van der Waals surface area contributed by atoms with Gasteiger partial charge in [-0.2, -0.15) is 0 Å². The Morgan fingerprint density at radius 2 is 2.06 bits per heavy atom. The van der Waals surface area contributed by atoms with E-state index in [1.165, 1.54) is 11.3 Å². The Morgan fingerprint density at radius 3 is 2.72 bits per heavy atom. The highest BCUT2D eigenvalue weighted by molar-refractivity contribution is 5.54. The SMILES string of the molecule is CC(C)(C)C1CN(CCF)c2ccccc2CN1. The molecular formula is C15H23FN2. The smallest absolute Gasteiger partial charge is 0.107 e. The van der Waals surface area contributed by atoms with Crippen molar-refractivity contribution >= 4 is 5.69 Å². The fourth-order valence-electron chi connectivity index (χ4n) is 2.48. The Kier molecular flexibility index (Phi) is 3.91. The maximum Gasteiger partial charge on any atom is 0.107 e. The molecule has 1 N–H and O–H groups in total. The second kappa shape index (κ2) is 5.27. The number of benzene rings is 1. The first kappa shape index (κ1) is 13.3. The molecule has 0 radical (unpaired) electrons. The summed E-state index contributed by atoms with van der Waals surface area (Å²) in [6, 6.07) is 8.67. The lowest BCUT2D eigenvalue weighted by atomic mass is 9.86. The summed E-state index contributed by atoms with van der Waals surface area (Å²) in [5.74, 6) is 0. The first-order chi connectivity index (χ1) is 8.52. The third-order valence-corrected chi connectivity index (χ3v) is 3.67. The van der Waals surface area contributed by atoms with Gasteiger partial charge in [0, 0.05) is 31.4 Å². The van der Waals surface area contributed by atoms with Crippen LogP contribution in [0.4, 0.5) is 10.1 Å². The molecule has 0 spiro atoms. The first-order valence-corrected chi connectivity index (χ1v) is 6.64. The zero-order valence-electron chi connectivity index (χ0n) is 11.5. The molecule has 0 amide bonds. The third kappa shape index (κ3) is 2.83. The molecule has 0 aliphatic carbocycles. The van der Waals surface area contributed by atoms with Crippen LogP contribution in [0.15, 0.2) is 24.3 Å². The Morgan fingerprint density at radius 1 is 1.33 bits per heavy atom. The van der Waals surface area contributed by atoms with Crippen molar-refractivity contribution in [2.75, 3.05) is 24.7 Å². The van der Waals surface area contributed by atoms with Crippen LogP contribution in [0.25, 0.3) is 0 Å². The predicted octanol–water partition coefficient (Wildman–Crippen LogP) is 2.98. The molecule has 0 saturated carbocycles. The van der Waals surface area contributed by atoms with Crippen molar-refractivity contribution in [2.45, 2.75) is 33.4 Å². The van der Waals surface area contributed by atoms with Crippen molar-refractivity contribution in [2.24, 2.45) is 5.41 Å². The molecule has 1 heterocycles. The largest absolute Gasteiger partial charge is 0.367 e. The van der Waals surface area contributed by atoms with Crippen LogP contribution in [0.3, 0.4) is 0 Å². The van der Waals surface area contributed by atoms with Gasteiger partial charge in [0.25, 0.3) is 0 Å². The van der Waals surface area contributed by atoms with Crippen molar-refractivity contribution in [1.82, 2.24) is 5.32 Å². The molecule has 0 bridgehead atoms. The van der Waals surface area contributed by atoms with Gasteiger partial charge in [-0.1, -0.05) is 39.0 Å². The van der Waals surface area contributed by atoms with Crippen LogP contribution in [0, 0.1) is 5.41 Å². The van der Waals surface area contributed by atoms with Crippen molar-refractivity contribution < 1.29 is 4.39 Å². The van der Waals surface area contributed by atoms with Gasteiger partial charge in [0.15, 0.2) is 0 Å². The molecule has 1 aromatic carbocycles. The predicted molar refractivity (Wildman–Crippen MR) is 74.7 cm³/mol. The number of alkyl halides is 1. The van der Waals surface area contributed by atoms with Gasteiger partial charge in [-0.05, 0) is 17.0 Å². The summed E-state index contributed by atoms with van der Waals surface area (Å²) >= 11 is 0. The van der Waals surface area contributed by atoms with Crippen LogP contribution in [0.2, 0.25) is 0 Å². The summed E-state index contributed by atoms with van der Waals surface area (Å²) in [6.07, 6.45) is 0. The molecular weight excluding hydrogens is 227 g/mol. The highest BCUT2D eigenvalue weighted by Gasteiger charge is 2.29. The number of anilines is 1. The first-order valence-electron chi connectivity index (χ1n) is 6.64. The van der Waals surface area contributed by atoms with Crippen molar-refractivity contribution in [3.8, 4) is 0 Å². The lowest BCUT2D eigenvalue weighted by Crippen LogP contribution is -2.47. The molecule has 1 aromatic rings. The van der Waals surface area contributed by atoms with Crippen LogP contribution in [-0.4, -0.2) is 25.8 Å². The molecule has 3 heteroatoms. The minimum atomic E-state index is -0.300. The minimum absolute atomic E-state index is 0.177. The number of nitrogens with one attached hydrogen (secondary N) is 1. The molecule has 0 aromatic heterocycles. The molecule has 1 aliphatic heterocycles. The zero-order valence-corrected chi connectivity index (χ0v) is 11.5. The standard InChI is InChI=1S/C15H23FN2/c1-15(2,3)14-11-18(9-8-16)13-7-5-4-6-12(13)10-17-14/h4-7,14,17H,8-11H2,1-3H3. The number of fused-ring (bicyclic) bond motifs is 1. The van der Waals surface area contributed by atoms with Crippen molar-refractivity contribution in [3.63, 3.8) is 0 Å². The van der Waals surface area contributed by atoms with E-state index in [-0.39, 0.29) is 12.1 Å². The van der Waals surface area contributed by atoms with E-state index in [0.717, 1.165) is 13.1 Å². The quantitative estimate of drug-likeness (QED) is 0.868. The number of para-hydroxylation sites is 1. The van der Waals surface area contributed by atoms with E-state index in [0.29, 0.717) is 12.6 Å². The number of halogens is 1. The van der Waals surface area contributed by atoms with Gasteiger partial charge in [-0.3, -0.25) is 0 Å². The summed E-state index contributed by atoms with van der Waals surface area (Å²) in [4.78, 5) is 2.17. The molecule has 0 saturated heterocycles. The van der Waals surface area contributed by atoms with Gasteiger partial charge >= 0.3 is 0 Å². The highest BCUT2D eigenvalue weighted by atomic mass is 19.1. The van der Waals surface area contributed by atoms with Gasteiger partial charge in [0.1, 0.15) is 6.67 Å². The molecule has 2 rings (SSSR count). The molecule has 2 nitrogen and oxygen atoms in total. The average Bonchev–Trinajstić information content (AvgIpc) is 2.50. The summed E-state index contributed by atoms with van der Waals surface area (Å²) < 4.78 is 12.8. The van der Waals surface area contributed by atoms with Crippen LogP contribution in [-0.2, 0) is 6.54 Å². The van der Waals surface area contributed by atoms with E-state index in [2.05, 4.69) is 43.1 Å². The average molecular weight is 250 g/mol. The maximum absolute atomic E-state index is 12.8. The number of rotatable bonds is 2. The Balaban J connectivity index is 2.28. The van der Waals surface area contributed by atoms with Gasteiger partial charge < -0.3 is 10.2 Å². The molecule has 1 aliphatic rings. The molecule has 1 unspecified atom stereocenters. The topological polar surface area (TPSA) is 15.3 Å². The lowest BCUT2D eigenvalue weighted by molar-refractivity contribution is 0.271. The molecule has 100 valence electrons. The highest BCUT2D eigenvalue weighted by Crippen LogP contribution is 2.28. The Bertz CT molecular complexity index is 398. The van der Waals surface area contributed by atoms with Crippen LogP contribution >= 0.6 is 0 Å². The van der Waals surface area contributed by atoms with Gasteiger partial charge in [0.2, 0.25) is 0 Å². The number of hydrogen-bond donors (Lipinski definition) is 1. The normalized spacial score (nSPS) is 20.4. The van der Waals surface area contributed by atoms with Crippen molar-refractivity contribution in [1.29, 1.82) is 0 Å². The van der Waals surface area contributed by atoms with E-state index < -0.39 is 0 Å². The molecule has 18 heavy (non-hydrogen) atoms. The van der Waals surface area contributed by atoms with Gasteiger partial charge in [-0.25, -0.2) is 4.39 Å². The van der Waals surface area contributed by atoms with Crippen LogP contribution in [0.5, 0.6) is 0 Å². The summed E-state index contributed by atoms with van der Waals surface area (Å²) in [7, 11) is 0. The summed E-state index contributed by atoms with van der Waals surface area (Å²) in [6.45, 7) is 8.60. The van der Waals surface area contributed by atoms with Crippen LogP contribution in [0.1, 0.15) is 26.3 Å². The maximum atomic E-state index is 12.8. The lowest BCUT2D eigenvalue weighted by Gasteiger charge is -2.34. The zero-order chi connectivity index (χ0) is 13.2. The minimum Gasteiger partial charge on any atom is -0.367 e. The van der Waals surface area contributed by atoms with E-state index in [1.807, 2.05) is 12.1 Å². The van der Waals surface area contributed by atoms with E-state index in [9.17, 15) is 4.39 Å². The van der Waals surface area contributed by atoms with Crippen LogP contribution < -0.4 is 10.2 Å². The monoisotopic (exact) mass is 250 g/mol.